The van der Waals surface area contributed by atoms with Gasteiger partial charge in [-0.3, -0.25) is 20.4 Å². The van der Waals surface area contributed by atoms with Gasteiger partial charge in [-0.1, -0.05) is 15.9 Å². The molecule has 6 heteroatoms. The Kier molecular flexibility index (Phi) is 3.41. The highest BCUT2D eigenvalue weighted by molar-refractivity contribution is 9.10. The van der Waals surface area contributed by atoms with Crippen LogP contribution in [0.1, 0.15) is 25.7 Å². The van der Waals surface area contributed by atoms with Gasteiger partial charge in [0.2, 0.25) is 5.91 Å². The number of carbonyl (C=O) groups is 2. The molecule has 3 aliphatic carbocycles. The Bertz CT molecular complexity index is 656. The number of benzene rings is 1. The molecule has 1 amide bonds. The second-order valence-corrected chi connectivity index (χ2v) is 7.95. The standard InChI is InChI=1S/C17H19BrN2O3/c18-9-1-3-10(4-2-9)19-20-15(21)13-11-5-6-12(14(13)16(22)23)17(11)7-8-17/h1-4,11-14,19H,5-8H2,(H,20,21)(H,22,23). The molecular weight excluding hydrogens is 360 g/mol. The Balaban J connectivity index is 1.49. The van der Waals surface area contributed by atoms with E-state index in [9.17, 15) is 14.7 Å². The Morgan fingerprint density at radius 1 is 1.09 bits per heavy atom. The lowest BCUT2D eigenvalue weighted by molar-refractivity contribution is -0.149. The maximum absolute atomic E-state index is 12.7. The highest BCUT2D eigenvalue weighted by Gasteiger charge is 2.71. The molecule has 3 aliphatic rings. The van der Waals surface area contributed by atoms with Crippen LogP contribution >= 0.6 is 15.9 Å². The van der Waals surface area contributed by atoms with Crippen molar-refractivity contribution in [2.75, 3.05) is 5.43 Å². The van der Waals surface area contributed by atoms with Gasteiger partial charge in [-0.25, -0.2) is 0 Å². The van der Waals surface area contributed by atoms with Gasteiger partial charge in [0.05, 0.1) is 17.5 Å². The molecule has 3 saturated carbocycles. The molecule has 4 rings (SSSR count). The minimum Gasteiger partial charge on any atom is -0.481 e. The summed E-state index contributed by atoms with van der Waals surface area (Å²) >= 11 is 3.36. The van der Waals surface area contributed by atoms with Gasteiger partial charge in [0.1, 0.15) is 0 Å². The number of rotatable bonds is 4. The molecule has 5 nitrogen and oxygen atoms in total. The monoisotopic (exact) mass is 378 g/mol. The number of aliphatic carboxylic acids is 1. The molecule has 4 unspecified atom stereocenters. The van der Waals surface area contributed by atoms with E-state index < -0.39 is 17.8 Å². The first-order chi connectivity index (χ1) is 11.0. The van der Waals surface area contributed by atoms with Crippen molar-refractivity contribution in [2.45, 2.75) is 25.7 Å². The third kappa shape index (κ3) is 2.26. The van der Waals surface area contributed by atoms with Crippen molar-refractivity contribution in [3.63, 3.8) is 0 Å². The smallest absolute Gasteiger partial charge is 0.307 e. The average molecular weight is 379 g/mol. The van der Waals surface area contributed by atoms with Crippen LogP contribution in [0.15, 0.2) is 28.7 Å². The molecule has 1 spiro atoms. The molecule has 3 N–H and O–H groups in total. The van der Waals surface area contributed by atoms with Crippen LogP contribution in [0.25, 0.3) is 0 Å². The lowest BCUT2D eigenvalue weighted by atomic mass is 9.79. The topological polar surface area (TPSA) is 78.4 Å². The summed E-state index contributed by atoms with van der Waals surface area (Å²) in [5.41, 5.74) is 6.56. The summed E-state index contributed by atoms with van der Waals surface area (Å²) in [5, 5.41) is 9.62. The number of carboxylic acid groups (broad SMARTS) is 1. The maximum atomic E-state index is 12.7. The highest BCUT2D eigenvalue weighted by Crippen LogP contribution is 2.74. The van der Waals surface area contributed by atoms with Gasteiger partial charge >= 0.3 is 5.97 Å². The molecule has 122 valence electrons. The largest absolute Gasteiger partial charge is 0.481 e. The van der Waals surface area contributed by atoms with Crippen LogP contribution in [0.5, 0.6) is 0 Å². The molecule has 0 radical (unpaired) electrons. The summed E-state index contributed by atoms with van der Waals surface area (Å²) in [4.78, 5) is 24.4. The van der Waals surface area contributed by atoms with Gasteiger partial charge in [0.15, 0.2) is 0 Å². The third-order valence-electron chi connectivity index (χ3n) is 6.11. The van der Waals surface area contributed by atoms with E-state index in [1.807, 2.05) is 24.3 Å². The van der Waals surface area contributed by atoms with E-state index in [1.165, 1.54) is 0 Å². The zero-order valence-electron chi connectivity index (χ0n) is 12.6. The second kappa shape index (κ2) is 5.23. The van der Waals surface area contributed by atoms with Crippen molar-refractivity contribution in [3.05, 3.63) is 28.7 Å². The normalized spacial score (nSPS) is 32.7. The van der Waals surface area contributed by atoms with Crippen molar-refractivity contribution in [3.8, 4) is 0 Å². The quantitative estimate of drug-likeness (QED) is 0.703. The van der Waals surface area contributed by atoms with Crippen LogP contribution in [0.4, 0.5) is 5.69 Å². The molecule has 2 bridgehead atoms. The molecule has 23 heavy (non-hydrogen) atoms. The van der Waals surface area contributed by atoms with Crippen LogP contribution in [-0.4, -0.2) is 17.0 Å². The van der Waals surface area contributed by atoms with Gasteiger partial charge in [-0.2, -0.15) is 0 Å². The number of halogens is 1. The lowest BCUT2D eigenvalue weighted by Gasteiger charge is -2.27. The van der Waals surface area contributed by atoms with E-state index in [4.69, 9.17) is 0 Å². The van der Waals surface area contributed by atoms with Crippen LogP contribution < -0.4 is 10.9 Å². The highest BCUT2D eigenvalue weighted by atomic mass is 79.9. The fourth-order valence-electron chi connectivity index (χ4n) is 5.09. The fourth-order valence-corrected chi connectivity index (χ4v) is 5.36. The van der Waals surface area contributed by atoms with E-state index >= 15 is 0 Å². The van der Waals surface area contributed by atoms with Crippen molar-refractivity contribution in [1.82, 2.24) is 5.43 Å². The summed E-state index contributed by atoms with van der Waals surface area (Å²) in [6, 6.07) is 7.46. The molecule has 3 fully saturated rings. The first-order valence-corrected chi connectivity index (χ1v) is 8.86. The van der Waals surface area contributed by atoms with Crippen LogP contribution in [0.2, 0.25) is 0 Å². The van der Waals surface area contributed by atoms with Crippen molar-refractivity contribution >= 4 is 33.5 Å². The molecule has 1 aromatic carbocycles. The van der Waals surface area contributed by atoms with Gasteiger partial charge in [0, 0.05) is 4.47 Å². The summed E-state index contributed by atoms with van der Waals surface area (Å²) in [5.74, 6) is -1.50. The number of anilines is 1. The Hall–Kier alpha value is -1.56. The van der Waals surface area contributed by atoms with Crippen LogP contribution in [0.3, 0.4) is 0 Å². The zero-order chi connectivity index (χ0) is 16.2. The lowest BCUT2D eigenvalue weighted by Crippen LogP contribution is -2.43. The first kappa shape index (κ1) is 15.0. The molecule has 0 saturated heterocycles. The minimum absolute atomic E-state index is 0.155. The van der Waals surface area contributed by atoms with Gasteiger partial charge in [-0.05, 0) is 67.2 Å². The number of amides is 1. The predicted molar refractivity (Wildman–Crippen MR) is 88.4 cm³/mol. The molecule has 4 atom stereocenters. The zero-order valence-corrected chi connectivity index (χ0v) is 14.2. The molecule has 1 aromatic rings. The average Bonchev–Trinajstić information content (AvgIpc) is 3.20. The number of hydrazine groups is 1. The SMILES string of the molecule is O=C(O)C1C(C(=O)NNc2ccc(Br)cc2)C2CCC1C21CC1. The van der Waals surface area contributed by atoms with Crippen LogP contribution in [0, 0.1) is 29.1 Å². The van der Waals surface area contributed by atoms with E-state index in [1.54, 1.807) is 0 Å². The molecule has 0 heterocycles. The first-order valence-electron chi connectivity index (χ1n) is 8.07. The fraction of sp³-hybridized carbons (Fsp3) is 0.529. The van der Waals surface area contributed by atoms with Crippen molar-refractivity contribution in [2.24, 2.45) is 29.1 Å². The van der Waals surface area contributed by atoms with Crippen molar-refractivity contribution < 1.29 is 14.7 Å². The number of carbonyl (C=O) groups excluding carboxylic acids is 1. The minimum atomic E-state index is -0.813. The van der Waals surface area contributed by atoms with E-state index in [-0.39, 0.29) is 23.2 Å². The number of hydrogen-bond donors (Lipinski definition) is 3. The summed E-state index contributed by atoms with van der Waals surface area (Å²) < 4.78 is 0.962. The number of nitrogens with one attached hydrogen (secondary N) is 2. The van der Waals surface area contributed by atoms with Gasteiger partial charge < -0.3 is 5.11 Å². The van der Waals surface area contributed by atoms with E-state index in [0.29, 0.717) is 0 Å². The predicted octanol–water partition coefficient (Wildman–Crippen LogP) is 3.03. The maximum Gasteiger partial charge on any atom is 0.307 e. The Labute approximate surface area is 142 Å². The molecular formula is C17H19BrN2O3. The summed E-state index contributed by atoms with van der Waals surface area (Å²) in [6.07, 6.45) is 4.14. The molecule has 0 aromatic heterocycles. The Morgan fingerprint density at radius 3 is 2.26 bits per heavy atom. The molecule has 0 aliphatic heterocycles. The Morgan fingerprint density at radius 2 is 1.70 bits per heavy atom. The van der Waals surface area contributed by atoms with Gasteiger partial charge in [-0.15, -0.1) is 0 Å². The second-order valence-electron chi connectivity index (χ2n) is 7.03. The van der Waals surface area contributed by atoms with Gasteiger partial charge in [0.25, 0.3) is 0 Å². The number of carboxylic acids is 1. The van der Waals surface area contributed by atoms with E-state index in [0.717, 1.165) is 35.8 Å². The van der Waals surface area contributed by atoms with Crippen LogP contribution in [-0.2, 0) is 9.59 Å². The summed E-state index contributed by atoms with van der Waals surface area (Å²) in [7, 11) is 0. The third-order valence-corrected chi connectivity index (χ3v) is 6.64. The summed E-state index contributed by atoms with van der Waals surface area (Å²) in [6.45, 7) is 0. The van der Waals surface area contributed by atoms with Crippen molar-refractivity contribution in [1.29, 1.82) is 0 Å². The van der Waals surface area contributed by atoms with E-state index in [2.05, 4.69) is 26.8 Å². The number of hydrogen-bond acceptors (Lipinski definition) is 3.